The number of carbonyl (C=O) groups excluding carboxylic acids is 1. The van der Waals surface area contributed by atoms with E-state index in [0.717, 1.165) is 11.3 Å². The van der Waals surface area contributed by atoms with Gasteiger partial charge in [0.15, 0.2) is 0 Å². The third kappa shape index (κ3) is 4.70. The second-order valence-electron chi connectivity index (χ2n) is 5.24. The summed E-state index contributed by atoms with van der Waals surface area (Å²) >= 11 is 0. The van der Waals surface area contributed by atoms with Gasteiger partial charge in [0, 0.05) is 23.9 Å². The fraction of sp³-hybridized carbons (Fsp3) is 0.235. The van der Waals surface area contributed by atoms with Gasteiger partial charge in [-0.3, -0.25) is 10.1 Å². The minimum absolute atomic E-state index is 0.0222. The van der Waals surface area contributed by atoms with Crippen LogP contribution in [-0.2, 0) is 6.42 Å². The number of nitro benzene ring substituents is 1. The molecule has 0 saturated carbocycles. The lowest BCUT2D eigenvalue weighted by Gasteiger charge is -2.08. The first-order chi connectivity index (χ1) is 11.5. The standard InChI is InChI=1S/C17H19N3O4/c1-12-3-6-14(11-16(12)20(22)23)19-17(21)18-10-9-13-4-7-15(24-2)8-5-13/h3-8,11H,9-10H2,1-2H3,(H2,18,19,21). The van der Waals surface area contributed by atoms with Gasteiger partial charge in [-0.25, -0.2) is 4.79 Å². The molecular weight excluding hydrogens is 310 g/mol. The molecule has 24 heavy (non-hydrogen) atoms. The lowest BCUT2D eigenvalue weighted by molar-refractivity contribution is -0.385. The van der Waals surface area contributed by atoms with Gasteiger partial charge < -0.3 is 15.4 Å². The van der Waals surface area contributed by atoms with Crippen LogP contribution < -0.4 is 15.4 Å². The van der Waals surface area contributed by atoms with Gasteiger partial charge in [-0.1, -0.05) is 18.2 Å². The summed E-state index contributed by atoms with van der Waals surface area (Å²) in [6.07, 6.45) is 0.672. The van der Waals surface area contributed by atoms with Crippen molar-refractivity contribution in [1.82, 2.24) is 5.32 Å². The molecule has 0 spiro atoms. The molecule has 0 aromatic heterocycles. The van der Waals surface area contributed by atoms with Crippen molar-refractivity contribution in [3.05, 3.63) is 63.7 Å². The fourth-order valence-corrected chi connectivity index (χ4v) is 2.17. The number of urea groups is 1. The summed E-state index contributed by atoms with van der Waals surface area (Å²) in [5.74, 6) is 0.783. The third-order valence-corrected chi connectivity index (χ3v) is 3.52. The lowest BCUT2D eigenvalue weighted by atomic mass is 10.1. The van der Waals surface area contributed by atoms with Crippen LogP contribution in [0, 0.1) is 17.0 Å². The number of aryl methyl sites for hydroxylation is 1. The third-order valence-electron chi connectivity index (χ3n) is 3.52. The van der Waals surface area contributed by atoms with Crippen LogP contribution in [0.4, 0.5) is 16.2 Å². The molecule has 0 bridgehead atoms. The van der Waals surface area contributed by atoms with E-state index in [0.29, 0.717) is 24.2 Å². The van der Waals surface area contributed by atoms with Gasteiger partial charge >= 0.3 is 6.03 Å². The highest BCUT2D eigenvalue weighted by Crippen LogP contribution is 2.22. The Morgan fingerprint density at radius 1 is 1.21 bits per heavy atom. The van der Waals surface area contributed by atoms with Crippen LogP contribution in [-0.4, -0.2) is 24.6 Å². The van der Waals surface area contributed by atoms with Crippen LogP contribution in [0.15, 0.2) is 42.5 Å². The Morgan fingerprint density at radius 3 is 2.54 bits per heavy atom. The van der Waals surface area contributed by atoms with Crippen LogP contribution in [0.3, 0.4) is 0 Å². The molecule has 7 nitrogen and oxygen atoms in total. The number of anilines is 1. The maximum absolute atomic E-state index is 11.9. The fourth-order valence-electron chi connectivity index (χ4n) is 2.17. The molecule has 0 unspecified atom stereocenters. The Morgan fingerprint density at radius 2 is 1.92 bits per heavy atom. The molecule has 0 atom stereocenters. The summed E-state index contributed by atoms with van der Waals surface area (Å²) in [5, 5.41) is 16.2. The smallest absolute Gasteiger partial charge is 0.319 e. The predicted octanol–water partition coefficient (Wildman–Crippen LogP) is 3.28. The SMILES string of the molecule is COc1ccc(CCNC(=O)Nc2ccc(C)c([N+](=O)[O-])c2)cc1. The van der Waals surface area contributed by atoms with Gasteiger partial charge in [0.05, 0.1) is 12.0 Å². The largest absolute Gasteiger partial charge is 0.497 e. The van der Waals surface area contributed by atoms with E-state index in [9.17, 15) is 14.9 Å². The number of rotatable bonds is 6. The number of nitrogens with zero attached hydrogens (tertiary/aromatic N) is 1. The van der Waals surface area contributed by atoms with Crippen LogP contribution >= 0.6 is 0 Å². The van der Waals surface area contributed by atoms with Gasteiger partial charge in [0.1, 0.15) is 5.75 Å². The number of methoxy groups -OCH3 is 1. The summed E-state index contributed by atoms with van der Waals surface area (Å²) in [6, 6.07) is 11.8. The number of amides is 2. The van der Waals surface area contributed by atoms with E-state index in [1.54, 1.807) is 26.2 Å². The van der Waals surface area contributed by atoms with Gasteiger partial charge in [-0.15, -0.1) is 0 Å². The molecule has 7 heteroatoms. The Balaban J connectivity index is 1.84. The van der Waals surface area contributed by atoms with Gasteiger partial charge in [-0.05, 0) is 37.1 Å². The molecule has 0 aliphatic rings. The molecule has 2 N–H and O–H groups in total. The topological polar surface area (TPSA) is 93.5 Å². The molecule has 0 saturated heterocycles. The van der Waals surface area contributed by atoms with Crippen molar-refractivity contribution in [2.75, 3.05) is 19.0 Å². The average Bonchev–Trinajstić information content (AvgIpc) is 2.57. The van der Waals surface area contributed by atoms with E-state index in [4.69, 9.17) is 4.74 Å². The normalized spacial score (nSPS) is 10.1. The van der Waals surface area contributed by atoms with Crippen molar-refractivity contribution in [3.63, 3.8) is 0 Å². The Hall–Kier alpha value is -3.09. The highest BCUT2D eigenvalue weighted by molar-refractivity contribution is 5.89. The number of ether oxygens (including phenoxy) is 1. The first-order valence-electron chi connectivity index (χ1n) is 7.42. The van der Waals surface area contributed by atoms with Crippen molar-refractivity contribution < 1.29 is 14.5 Å². The summed E-state index contributed by atoms with van der Waals surface area (Å²) in [4.78, 5) is 22.3. The number of nitro groups is 1. The van der Waals surface area contributed by atoms with Crippen LogP contribution in [0.25, 0.3) is 0 Å². The summed E-state index contributed by atoms with van der Waals surface area (Å²) < 4.78 is 5.09. The molecule has 2 aromatic rings. The second kappa shape index (κ2) is 7.96. The molecule has 0 radical (unpaired) electrons. The molecule has 2 aromatic carbocycles. The average molecular weight is 329 g/mol. The van der Waals surface area contributed by atoms with E-state index in [1.807, 2.05) is 24.3 Å². The van der Waals surface area contributed by atoms with Crippen LogP contribution in [0.5, 0.6) is 5.75 Å². The number of nitrogens with one attached hydrogen (secondary N) is 2. The molecule has 126 valence electrons. The maximum Gasteiger partial charge on any atom is 0.319 e. The molecule has 0 aliphatic carbocycles. The van der Waals surface area contributed by atoms with E-state index in [1.165, 1.54) is 6.07 Å². The molecule has 2 amide bonds. The van der Waals surface area contributed by atoms with Crippen molar-refractivity contribution >= 4 is 17.4 Å². The molecule has 0 aliphatic heterocycles. The van der Waals surface area contributed by atoms with Gasteiger partial charge in [0.2, 0.25) is 0 Å². The first kappa shape index (κ1) is 17.3. The zero-order valence-electron chi connectivity index (χ0n) is 13.5. The molecular formula is C17H19N3O4. The van der Waals surface area contributed by atoms with E-state index in [-0.39, 0.29) is 5.69 Å². The van der Waals surface area contributed by atoms with Crippen molar-refractivity contribution in [2.45, 2.75) is 13.3 Å². The maximum atomic E-state index is 11.9. The number of hydrogen-bond donors (Lipinski definition) is 2. The van der Waals surface area contributed by atoms with Crippen LogP contribution in [0.1, 0.15) is 11.1 Å². The van der Waals surface area contributed by atoms with E-state index >= 15 is 0 Å². The van der Waals surface area contributed by atoms with Crippen molar-refractivity contribution in [1.29, 1.82) is 0 Å². The lowest BCUT2D eigenvalue weighted by Crippen LogP contribution is -2.30. The molecule has 0 heterocycles. The number of benzene rings is 2. The molecule has 0 fully saturated rings. The Labute approximate surface area is 139 Å². The predicted molar refractivity (Wildman–Crippen MR) is 91.6 cm³/mol. The highest BCUT2D eigenvalue weighted by Gasteiger charge is 2.12. The molecule has 2 rings (SSSR count). The van der Waals surface area contributed by atoms with Gasteiger partial charge in [-0.2, -0.15) is 0 Å². The second-order valence-corrected chi connectivity index (χ2v) is 5.24. The van der Waals surface area contributed by atoms with Crippen molar-refractivity contribution in [3.8, 4) is 5.75 Å². The Bertz CT molecular complexity index is 729. The highest BCUT2D eigenvalue weighted by atomic mass is 16.6. The van der Waals surface area contributed by atoms with Gasteiger partial charge in [0.25, 0.3) is 5.69 Å². The van der Waals surface area contributed by atoms with Crippen molar-refractivity contribution in [2.24, 2.45) is 0 Å². The first-order valence-corrected chi connectivity index (χ1v) is 7.42. The Kier molecular flexibility index (Phi) is 5.73. The minimum atomic E-state index is -0.470. The summed E-state index contributed by atoms with van der Waals surface area (Å²) in [5.41, 5.74) is 1.98. The monoisotopic (exact) mass is 329 g/mol. The zero-order valence-corrected chi connectivity index (χ0v) is 13.5. The van der Waals surface area contributed by atoms with E-state index in [2.05, 4.69) is 10.6 Å². The summed E-state index contributed by atoms with van der Waals surface area (Å²) in [6.45, 7) is 2.10. The number of hydrogen-bond acceptors (Lipinski definition) is 4. The number of carbonyl (C=O) groups is 1. The van der Waals surface area contributed by atoms with E-state index < -0.39 is 11.0 Å². The summed E-state index contributed by atoms with van der Waals surface area (Å²) in [7, 11) is 1.61. The quantitative estimate of drug-likeness (QED) is 0.628. The van der Waals surface area contributed by atoms with Crippen LogP contribution in [0.2, 0.25) is 0 Å². The minimum Gasteiger partial charge on any atom is -0.497 e. The zero-order chi connectivity index (χ0) is 17.5.